The van der Waals surface area contributed by atoms with Gasteiger partial charge in [-0.25, -0.2) is 0 Å². The first-order chi connectivity index (χ1) is 14.9. The highest BCUT2D eigenvalue weighted by Gasteiger charge is 2.16. The molecule has 0 radical (unpaired) electrons. The van der Waals surface area contributed by atoms with E-state index in [0.29, 0.717) is 0 Å². The van der Waals surface area contributed by atoms with Crippen molar-refractivity contribution in [2.75, 3.05) is 138 Å². The van der Waals surface area contributed by atoms with Gasteiger partial charge in [0.15, 0.2) is 0 Å². The number of rotatable bonds is 8. The second kappa shape index (κ2) is 15.4. The van der Waals surface area contributed by atoms with Crippen molar-refractivity contribution in [2.45, 2.75) is 0 Å². The van der Waals surface area contributed by atoms with E-state index in [-0.39, 0.29) is 0 Å². The average molecular weight is 431 g/mol. The molecule has 0 spiro atoms. The van der Waals surface area contributed by atoms with Crippen LogP contribution in [-0.2, 0) is 23.7 Å². The lowest BCUT2D eigenvalue weighted by molar-refractivity contribution is -0.0229. The summed E-state index contributed by atoms with van der Waals surface area (Å²) in [6, 6.07) is 0. The van der Waals surface area contributed by atoms with Crippen molar-refractivity contribution in [2.24, 2.45) is 0 Å². The van der Waals surface area contributed by atoms with Gasteiger partial charge in [0.05, 0.1) is 72.7 Å². The molecule has 0 aliphatic carbocycles. The zero-order chi connectivity index (χ0) is 20.7. The third-order valence-electron chi connectivity index (χ3n) is 5.92. The molecule has 0 aromatic rings. The minimum atomic E-state index is 0.838. The van der Waals surface area contributed by atoms with Gasteiger partial charge >= 0.3 is 0 Å². The monoisotopic (exact) mass is 430 g/mol. The predicted molar refractivity (Wildman–Crippen MR) is 115 cm³/mol. The third kappa shape index (κ3) is 10.3. The highest BCUT2D eigenvalue weighted by molar-refractivity contribution is 4.66. The van der Waals surface area contributed by atoms with Crippen LogP contribution in [0, 0.1) is 0 Å². The fourth-order valence-electron chi connectivity index (χ4n) is 3.91. The molecule has 0 aromatic heterocycles. The summed E-state index contributed by atoms with van der Waals surface area (Å²) in [6.07, 6.45) is 0. The molecule has 30 heavy (non-hydrogen) atoms. The summed E-state index contributed by atoms with van der Waals surface area (Å²) in [6.45, 7) is 20.4. The van der Waals surface area contributed by atoms with Gasteiger partial charge in [-0.2, -0.15) is 0 Å². The molecule has 4 aliphatic heterocycles. The van der Waals surface area contributed by atoms with E-state index < -0.39 is 0 Å². The summed E-state index contributed by atoms with van der Waals surface area (Å²) in [4.78, 5) is 9.71. The second-order valence-electron chi connectivity index (χ2n) is 8.12. The molecule has 4 aliphatic rings. The van der Waals surface area contributed by atoms with Crippen LogP contribution in [0.3, 0.4) is 0 Å². The maximum absolute atomic E-state index is 5.67. The first-order valence-electron chi connectivity index (χ1n) is 11.7. The summed E-state index contributed by atoms with van der Waals surface area (Å²) in [5, 5.41) is 0. The number of morpholine rings is 4. The molecule has 0 aromatic carbocycles. The Kier molecular flexibility index (Phi) is 12.5. The smallest absolute Gasteiger partial charge is 0.0594 e. The van der Waals surface area contributed by atoms with Gasteiger partial charge in [-0.3, -0.25) is 19.6 Å². The van der Waals surface area contributed by atoms with Crippen molar-refractivity contribution in [3.63, 3.8) is 0 Å². The topological polar surface area (TPSA) is 59.1 Å². The molecular formula is C21H42N4O5. The maximum atomic E-state index is 5.67. The molecular weight excluding hydrogens is 388 g/mol. The van der Waals surface area contributed by atoms with E-state index in [1.807, 2.05) is 0 Å². The van der Waals surface area contributed by atoms with E-state index in [0.717, 1.165) is 138 Å². The van der Waals surface area contributed by atoms with Crippen LogP contribution in [0.2, 0.25) is 0 Å². The Morgan fingerprint density at radius 1 is 0.433 bits per heavy atom. The van der Waals surface area contributed by atoms with Gasteiger partial charge in [-0.05, 0) is 0 Å². The highest BCUT2D eigenvalue weighted by Crippen LogP contribution is 2.02. The van der Waals surface area contributed by atoms with Gasteiger partial charge in [-0.1, -0.05) is 0 Å². The zero-order valence-corrected chi connectivity index (χ0v) is 18.7. The fourth-order valence-corrected chi connectivity index (χ4v) is 3.91. The fraction of sp³-hybridized carbons (Fsp3) is 1.00. The van der Waals surface area contributed by atoms with Crippen molar-refractivity contribution in [1.82, 2.24) is 19.6 Å². The first kappa shape index (κ1) is 24.3. The molecule has 0 saturated carbocycles. The zero-order valence-electron chi connectivity index (χ0n) is 18.7. The molecule has 9 nitrogen and oxygen atoms in total. The van der Waals surface area contributed by atoms with Crippen LogP contribution in [0.25, 0.3) is 0 Å². The molecule has 9 heteroatoms. The number of nitrogens with zero attached hydrogens (tertiary/aromatic N) is 4. The van der Waals surface area contributed by atoms with Gasteiger partial charge in [0.25, 0.3) is 0 Å². The van der Waals surface area contributed by atoms with Crippen molar-refractivity contribution in [1.29, 1.82) is 0 Å². The van der Waals surface area contributed by atoms with E-state index in [9.17, 15) is 0 Å². The molecule has 4 fully saturated rings. The van der Waals surface area contributed by atoms with Crippen molar-refractivity contribution >= 4 is 0 Å². The van der Waals surface area contributed by atoms with Crippen LogP contribution in [0.4, 0.5) is 0 Å². The molecule has 4 heterocycles. The van der Waals surface area contributed by atoms with E-state index in [1.165, 1.54) is 0 Å². The molecule has 176 valence electrons. The van der Waals surface area contributed by atoms with Crippen LogP contribution in [0.15, 0.2) is 0 Å². The van der Waals surface area contributed by atoms with Crippen molar-refractivity contribution in [3.8, 4) is 0 Å². The normalized spacial score (nSPS) is 25.6. The minimum Gasteiger partial charge on any atom is -0.379 e. The summed E-state index contributed by atoms with van der Waals surface area (Å²) >= 11 is 0. The molecule has 4 rings (SSSR count). The summed E-state index contributed by atoms with van der Waals surface area (Å²) < 4.78 is 26.9. The number of hydrogen-bond acceptors (Lipinski definition) is 9. The second-order valence-corrected chi connectivity index (χ2v) is 8.12. The van der Waals surface area contributed by atoms with Gasteiger partial charge in [0.2, 0.25) is 0 Å². The Morgan fingerprint density at radius 2 is 0.733 bits per heavy atom. The molecule has 0 bridgehead atoms. The molecule has 0 atom stereocenters. The maximum Gasteiger partial charge on any atom is 0.0594 e. The van der Waals surface area contributed by atoms with E-state index in [2.05, 4.69) is 19.6 Å². The SMILES string of the molecule is C1CN(CCOCCN2CCOCC2)CCO1.C1CN(CN2CCOCC2)CCO1. The molecule has 4 saturated heterocycles. The Morgan fingerprint density at radius 3 is 1.07 bits per heavy atom. The molecule has 0 unspecified atom stereocenters. The van der Waals surface area contributed by atoms with Crippen LogP contribution < -0.4 is 0 Å². The van der Waals surface area contributed by atoms with E-state index in [1.54, 1.807) is 0 Å². The summed E-state index contributed by atoms with van der Waals surface area (Å²) in [7, 11) is 0. The van der Waals surface area contributed by atoms with Gasteiger partial charge < -0.3 is 23.7 Å². The lowest BCUT2D eigenvalue weighted by Gasteiger charge is -2.34. The largest absolute Gasteiger partial charge is 0.379 e. The van der Waals surface area contributed by atoms with E-state index >= 15 is 0 Å². The van der Waals surface area contributed by atoms with Crippen molar-refractivity contribution < 1.29 is 23.7 Å². The summed E-state index contributed by atoms with van der Waals surface area (Å²) in [5.74, 6) is 0. The average Bonchev–Trinajstić information content (AvgIpc) is 2.82. The van der Waals surface area contributed by atoms with Crippen LogP contribution in [0.5, 0.6) is 0 Å². The Balaban J connectivity index is 0.000000177. The first-order valence-corrected chi connectivity index (χ1v) is 11.7. The van der Waals surface area contributed by atoms with Crippen LogP contribution in [0.1, 0.15) is 0 Å². The van der Waals surface area contributed by atoms with Crippen LogP contribution in [-0.4, -0.2) is 158 Å². The highest BCUT2D eigenvalue weighted by atomic mass is 16.5. The Bertz CT molecular complexity index is 374. The standard InChI is InChI=1S/C12H24N2O3.C9H18N2O2/c1-7-15-8-2-13(1)5-11-17-12-6-14-3-9-16-10-4-14;1-5-12-6-2-10(1)9-11-3-7-13-8-4-11/h1-12H2;1-9H2. The lowest BCUT2D eigenvalue weighted by atomic mass is 10.4. The van der Waals surface area contributed by atoms with Gasteiger partial charge in [0, 0.05) is 65.4 Å². The van der Waals surface area contributed by atoms with Gasteiger partial charge in [0.1, 0.15) is 0 Å². The predicted octanol–water partition coefficient (Wildman–Crippen LogP) is -0.724. The quantitative estimate of drug-likeness (QED) is 0.464. The Hall–Kier alpha value is -0.360. The van der Waals surface area contributed by atoms with Crippen molar-refractivity contribution in [3.05, 3.63) is 0 Å². The van der Waals surface area contributed by atoms with Gasteiger partial charge in [-0.15, -0.1) is 0 Å². The number of ether oxygens (including phenoxy) is 5. The lowest BCUT2D eigenvalue weighted by Crippen LogP contribution is -2.47. The molecule has 0 amide bonds. The summed E-state index contributed by atoms with van der Waals surface area (Å²) in [5.41, 5.74) is 0. The Labute approximate surface area is 182 Å². The number of hydrogen-bond donors (Lipinski definition) is 0. The third-order valence-corrected chi connectivity index (χ3v) is 5.92. The van der Waals surface area contributed by atoms with E-state index in [4.69, 9.17) is 23.7 Å². The molecule has 0 N–H and O–H groups in total. The van der Waals surface area contributed by atoms with Crippen LogP contribution >= 0.6 is 0 Å². The minimum absolute atomic E-state index is 0.838.